The summed E-state index contributed by atoms with van der Waals surface area (Å²) < 4.78 is 0. The van der Waals surface area contributed by atoms with Crippen molar-refractivity contribution in [2.45, 2.75) is 25.4 Å². The molecule has 3 heterocycles. The monoisotopic (exact) mass is 356 g/mol. The average Bonchev–Trinajstić information content (AvgIpc) is 3.06. The van der Waals surface area contributed by atoms with E-state index in [1.54, 1.807) is 11.3 Å². The number of rotatable bonds is 2. The summed E-state index contributed by atoms with van der Waals surface area (Å²) in [5, 5.41) is 16.2. The van der Waals surface area contributed by atoms with Crippen LogP contribution in [-0.2, 0) is 0 Å². The molecule has 0 saturated carbocycles. The van der Waals surface area contributed by atoms with Crippen LogP contribution in [0.2, 0.25) is 0 Å². The molecular formula is C20H24N2O2S. The van der Waals surface area contributed by atoms with Crippen molar-refractivity contribution in [3.05, 3.63) is 46.8 Å². The maximum atomic E-state index is 12.9. The first-order valence-electron chi connectivity index (χ1n) is 8.94. The SMILES string of the molecule is Cc1ccsc1-c1ccc(C(=O)N2CC[C@@]3(O)CCNC[C@H]3C2)cc1. The van der Waals surface area contributed by atoms with Gasteiger partial charge in [0.15, 0.2) is 0 Å². The lowest BCUT2D eigenvalue weighted by Gasteiger charge is -2.47. The number of piperidine rings is 2. The van der Waals surface area contributed by atoms with Gasteiger partial charge in [-0.1, -0.05) is 12.1 Å². The van der Waals surface area contributed by atoms with Crippen molar-refractivity contribution in [1.29, 1.82) is 0 Å². The van der Waals surface area contributed by atoms with Crippen molar-refractivity contribution >= 4 is 17.2 Å². The van der Waals surface area contributed by atoms with E-state index in [2.05, 4.69) is 23.7 Å². The number of carbonyl (C=O) groups excluding carboxylic acids is 1. The van der Waals surface area contributed by atoms with E-state index < -0.39 is 5.60 Å². The molecule has 2 N–H and O–H groups in total. The summed E-state index contributed by atoms with van der Waals surface area (Å²) in [6, 6.07) is 10.0. The van der Waals surface area contributed by atoms with Gasteiger partial charge >= 0.3 is 0 Å². The lowest BCUT2D eigenvalue weighted by Crippen LogP contribution is -2.59. The van der Waals surface area contributed by atoms with E-state index >= 15 is 0 Å². The molecule has 0 bridgehead atoms. The summed E-state index contributed by atoms with van der Waals surface area (Å²) in [5.41, 5.74) is 2.56. The molecule has 0 radical (unpaired) electrons. The van der Waals surface area contributed by atoms with Crippen LogP contribution in [-0.4, -0.2) is 47.7 Å². The lowest BCUT2D eigenvalue weighted by atomic mass is 9.76. The van der Waals surface area contributed by atoms with Gasteiger partial charge in [-0.2, -0.15) is 0 Å². The Morgan fingerprint density at radius 2 is 2.08 bits per heavy atom. The molecule has 1 aromatic carbocycles. The molecule has 2 saturated heterocycles. The average molecular weight is 356 g/mol. The van der Waals surface area contributed by atoms with Gasteiger partial charge in [-0.05, 0) is 61.0 Å². The first kappa shape index (κ1) is 16.8. The molecule has 2 atom stereocenters. The van der Waals surface area contributed by atoms with Crippen LogP contribution in [0.5, 0.6) is 0 Å². The smallest absolute Gasteiger partial charge is 0.253 e. The quantitative estimate of drug-likeness (QED) is 0.870. The zero-order valence-corrected chi connectivity index (χ0v) is 15.3. The summed E-state index contributed by atoms with van der Waals surface area (Å²) in [5.74, 6) is 0.203. The Balaban J connectivity index is 1.49. The molecular weight excluding hydrogens is 332 g/mol. The fourth-order valence-corrected chi connectivity index (χ4v) is 4.96. The Morgan fingerprint density at radius 1 is 1.28 bits per heavy atom. The Bertz CT molecular complexity index is 770. The summed E-state index contributed by atoms with van der Waals surface area (Å²) >= 11 is 1.73. The van der Waals surface area contributed by atoms with Crippen LogP contribution in [0.3, 0.4) is 0 Å². The Morgan fingerprint density at radius 3 is 2.80 bits per heavy atom. The summed E-state index contributed by atoms with van der Waals surface area (Å²) in [6.07, 6.45) is 1.46. The minimum absolute atomic E-state index is 0.0714. The Labute approximate surface area is 152 Å². The highest BCUT2D eigenvalue weighted by Crippen LogP contribution is 2.34. The molecule has 4 nitrogen and oxygen atoms in total. The predicted octanol–water partition coefficient (Wildman–Crippen LogP) is 2.91. The van der Waals surface area contributed by atoms with Crippen LogP contribution >= 0.6 is 11.3 Å². The zero-order valence-electron chi connectivity index (χ0n) is 14.5. The first-order valence-corrected chi connectivity index (χ1v) is 9.82. The number of likely N-dealkylation sites (tertiary alicyclic amines) is 1. The zero-order chi connectivity index (χ0) is 17.4. The van der Waals surface area contributed by atoms with Crippen molar-refractivity contribution in [2.75, 3.05) is 26.2 Å². The number of nitrogens with one attached hydrogen (secondary N) is 1. The number of fused-ring (bicyclic) bond motifs is 1. The highest BCUT2D eigenvalue weighted by Gasteiger charge is 2.43. The van der Waals surface area contributed by atoms with E-state index in [1.807, 2.05) is 29.2 Å². The van der Waals surface area contributed by atoms with Crippen LogP contribution in [0.4, 0.5) is 0 Å². The highest BCUT2D eigenvalue weighted by atomic mass is 32.1. The number of nitrogens with zero attached hydrogens (tertiary/aromatic N) is 1. The van der Waals surface area contributed by atoms with Crippen LogP contribution < -0.4 is 5.32 Å². The third-order valence-corrected chi connectivity index (χ3v) is 6.75. The van der Waals surface area contributed by atoms with E-state index in [1.165, 1.54) is 10.4 Å². The van der Waals surface area contributed by atoms with Crippen LogP contribution in [0, 0.1) is 12.8 Å². The number of hydrogen-bond acceptors (Lipinski definition) is 4. The normalized spacial score (nSPS) is 26.3. The minimum atomic E-state index is -0.595. The summed E-state index contributed by atoms with van der Waals surface area (Å²) in [6.45, 7) is 5.03. The van der Waals surface area contributed by atoms with E-state index in [0.29, 0.717) is 19.5 Å². The third kappa shape index (κ3) is 3.12. The van der Waals surface area contributed by atoms with Gasteiger partial charge in [0.2, 0.25) is 0 Å². The number of hydrogen-bond donors (Lipinski definition) is 2. The molecule has 2 aliphatic rings. The summed E-state index contributed by atoms with van der Waals surface area (Å²) in [7, 11) is 0. The van der Waals surface area contributed by atoms with Gasteiger partial charge in [0.1, 0.15) is 0 Å². The Kier molecular flexibility index (Phi) is 4.40. The molecule has 0 spiro atoms. The van der Waals surface area contributed by atoms with Gasteiger partial charge in [0.25, 0.3) is 5.91 Å². The number of aliphatic hydroxyl groups is 1. The van der Waals surface area contributed by atoms with E-state index in [-0.39, 0.29) is 11.8 Å². The number of benzene rings is 1. The van der Waals surface area contributed by atoms with Crippen molar-refractivity contribution in [3.63, 3.8) is 0 Å². The molecule has 25 heavy (non-hydrogen) atoms. The second kappa shape index (κ2) is 6.56. The topological polar surface area (TPSA) is 52.6 Å². The van der Waals surface area contributed by atoms with Gasteiger partial charge in [0.05, 0.1) is 5.60 Å². The fourth-order valence-electron chi connectivity index (χ4n) is 4.02. The van der Waals surface area contributed by atoms with Gasteiger partial charge < -0.3 is 15.3 Å². The van der Waals surface area contributed by atoms with E-state index in [4.69, 9.17) is 0 Å². The molecule has 132 valence electrons. The highest BCUT2D eigenvalue weighted by molar-refractivity contribution is 7.13. The first-order chi connectivity index (χ1) is 12.1. The molecule has 5 heteroatoms. The van der Waals surface area contributed by atoms with E-state index in [9.17, 15) is 9.90 Å². The summed E-state index contributed by atoms with van der Waals surface area (Å²) in [4.78, 5) is 16.0. The standard InChI is InChI=1S/C20H24N2O2S/c1-14-6-11-25-18(14)15-2-4-16(5-3-15)19(23)22-10-8-20(24)7-9-21-12-17(20)13-22/h2-6,11,17,21,24H,7-10,12-13H2,1H3/t17-,20-/m0/s1. The molecule has 2 fully saturated rings. The van der Waals surface area contributed by atoms with Crippen LogP contribution in [0.15, 0.2) is 35.7 Å². The maximum absolute atomic E-state index is 12.9. The maximum Gasteiger partial charge on any atom is 0.253 e. The van der Waals surface area contributed by atoms with Gasteiger partial charge in [-0.15, -0.1) is 11.3 Å². The van der Waals surface area contributed by atoms with Gasteiger partial charge in [0, 0.05) is 36.0 Å². The molecule has 0 aliphatic carbocycles. The van der Waals surface area contributed by atoms with Crippen molar-refractivity contribution in [1.82, 2.24) is 10.2 Å². The number of thiophene rings is 1. The Hall–Kier alpha value is -1.69. The molecule has 0 unspecified atom stereocenters. The van der Waals surface area contributed by atoms with Gasteiger partial charge in [-0.3, -0.25) is 4.79 Å². The molecule has 1 aromatic heterocycles. The molecule has 1 amide bonds. The number of amides is 1. The predicted molar refractivity (Wildman–Crippen MR) is 101 cm³/mol. The van der Waals surface area contributed by atoms with E-state index in [0.717, 1.165) is 30.6 Å². The van der Waals surface area contributed by atoms with Crippen molar-refractivity contribution in [3.8, 4) is 10.4 Å². The number of aryl methyl sites for hydroxylation is 1. The fraction of sp³-hybridized carbons (Fsp3) is 0.450. The van der Waals surface area contributed by atoms with Crippen LogP contribution in [0.1, 0.15) is 28.8 Å². The number of carbonyl (C=O) groups is 1. The molecule has 2 aromatic rings. The van der Waals surface area contributed by atoms with Crippen molar-refractivity contribution < 1.29 is 9.90 Å². The molecule has 4 rings (SSSR count). The third-order valence-electron chi connectivity index (χ3n) is 5.68. The largest absolute Gasteiger partial charge is 0.389 e. The molecule has 2 aliphatic heterocycles. The van der Waals surface area contributed by atoms with Crippen molar-refractivity contribution in [2.24, 2.45) is 5.92 Å². The second-order valence-electron chi connectivity index (χ2n) is 7.27. The second-order valence-corrected chi connectivity index (χ2v) is 8.18. The van der Waals surface area contributed by atoms with Crippen LogP contribution in [0.25, 0.3) is 10.4 Å². The van der Waals surface area contributed by atoms with Gasteiger partial charge in [-0.25, -0.2) is 0 Å². The minimum Gasteiger partial charge on any atom is -0.389 e. The lowest BCUT2D eigenvalue weighted by molar-refractivity contribution is -0.0817.